The quantitative estimate of drug-likeness (QED) is 0.773. The molecule has 7 nitrogen and oxygen atoms in total. The summed E-state index contributed by atoms with van der Waals surface area (Å²) in [6.07, 6.45) is 0.379. The summed E-state index contributed by atoms with van der Waals surface area (Å²) < 4.78 is 1.03. The lowest BCUT2D eigenvalue weighted by Gasteiger charge is -2.24. The number of carbonyl (C=O) groups is 2. The Labute approximate surface area is 113 Å². The molecule has 102 valence electrons. The SMILES string of the molecule is Cn1nc(C(=O)NC2(C(=O)O)CCSC2)ccc1=O. The van der Waals surface area contributed by atoms with Gasteiger partial charge in [-0.1, -0.05) is 0 Å². The van der Waals surface area contributed by atoms with Crippen LogP contribution in [0.15, 0.2) is 16.9 Å². The first-order chi connectivity index (χ1) is 8.94. The Morgan fingerprint density at radius 2 is 2.26 bits per heavy atom. The predicted octanol–water partition coefficient (Wildman–Crippen LogP) is -0.530. The number of nitrogens with one attached hydrogen (secondary N) is 1. The van der Waals surface area contributed by atoms with E-state index >= 15 is 0 Å². The highest BCUT2D eigenvalue weighted by Gasteiger charge is 2.43. The number of carbonyl (C=O) groups excluding carboxylic acids is 1. The molecule has 1 aromatic heterocycles. The molecule has 0 aliphatic carbocycles. The van der Waals surface area contributed by atoms with E-state index in [1.54, 1.807) is 0 Å². The number of hydrogen-bond acceptors (Lipinski definition) is 5. The number of hydrogen-bond donors (Lipinski definition) is 2. The van der Waals surface area contributed by atoms with E-state index in [1.807, 2.05) is 0 Å². The first-order valence-corrected chi connectivity index (χ1v) is 6.78. The van der Waals surface area contributed by atoms with E-state index in [1.165, 1.54) is 30.9 Å². The molecular formula is C11H13N3O4S. The fourth-order valence-corrected chi connectivity index (χ4v) is 3.12. The Balaban J connectivity index is 2.22. The summed E-state index contributed by atoms with van der Waals surface area (Å²) in [4.78, 5) is 34.5. The monoisotopic (exact) mass is 283 g/mol. The van der Waals surface area contributed by atoms with Gasteiger partial charge >= 0.3 is 5.97 Å². The van der Waals surface area contributed by atoms with E-state index in [2.05, 4.69) is 10.4 Å². The van der Waals surface area contributed by atoms with Gasteiger partial charge in [0.25, 0.3) is 11.5 Å². The van der Waals surface area contributed by atoms with Gasteiger partial charge in [-0.25, -0.2) is 9.48 Å². The number of aryl methyl sites for hydroxylation is 1. The van der Waals surface area contributed by atoms with Crippen molar-refractivity contribution in [3.63, 3.8) is 0 Å². The summed E-state index contributed by atoms with van der Waals surface area (Å²) in [5.41, 5.74) is -1.54. The molecule has 1 aromatic rings. The Morgan fingerprint density at radius 3 is 2.79 bits per heavy atom. The maximum Gasteiger partial charge on any atom is 0.330 e. The van der Waals surface area contributed by atoms with E-state index in [4.69, 9.17) is 0 Å². The maximum absolute atomic E-state index is 12.0. The highest BCUT2D eigenvalue weighted by molar-refractivity contribution is 7.99. The zero-order valence-electron chi connectivity index (χ0n) is 10.3. The van der Waals surface area contributed by atoms with Crippen LogP contribution in [0.2, 0.25) is 0 Å². The van der Waals surface area contributed by atoms with Crippen molar-refractivity contribution in [2.45, 2.75) is 12.0 Å². The van der Waals surface area contributed by atoms with Crippen molar-refractivity contribution in [2.24, 2.45) is 7.05 Å². The largest absolute Gasteiger partial charge is 0.479 e. The van der Waals surface area contributed by atoms with Crippen LogP contribution in [0.4, 0.5) is 0 Å². The van der Waals surface area contributed by atoms with E-state index in [9.17, 15) is 19.5 Å². The van der Waals surface area contributed by atoms with Crippen LogP contribution in [-0.4, -0.2) is 43.8 Å². The van der Waals surface area contributed by atoms with Crippen molar-refractivity contribution < 1.29 is 14.7 Å². The molecule has 1 atom stereocenters. The zero-order chi connectivity index (χ0) is 14.0. The zero-order valence-corrected chi connectivity index (χ0v) is 11.1. The van der Waals surface area contributed by atoms with E-state index in [0.717, 1.165) is 4.68 Å². The molecular weight excluding hydrogens is 270 g/mol. The second-order valence-electron chi connectivity index (χ2n) is 4.32. The molecule has 1 fully saturated rings. The molecule has 1 aliphatic rings. The average Bonchev–Trinajstić information content (AvgIpc) is 2.82. The van der Waals surface area contributed by atoms with Gasteiger partial charge < -0.3 is 10.4 Å². The minimum Gasteiger partial charge on any atom is -0.479 e. The van der Waals surface area contributed by atoms with Crippen LogP contribution in [0.1, 0.15) is 16.9 Å². The first kappa shape index (κ1) is 13.6. The first-order valence-electron chi connectivity index (χ1n) is 5.63. The number of rotatable bonds is 3. The van der Waals surface area contributed by atoms with Crippen LogP contribution in [0.25, 0.3) is 0 Å². The molecule has 0 spiro atoms. The summed E-state index contributed by atoms with van der Waals surface area (Å²) in [5, 5.41) is 15.6. The van der Waals surface area contributed by atoms with Crippen molar-refractivity contribution in [1.29, 1.82) is 0 Å². The molecule has 1 unspecified atom stereocenters. The number of thioether (sulfide) groups is 1. The molecule has 2 heterocycles. The van der Waals surface area contributed by atoms with Crippen molar-refractivity contribution in [2.75, 3.05) is 11.5 Å². The molecule has 8 heteroatoms. The van der Waals surface area contributed by atoms with E-state index in [0.29, 0.717) is 17.9 Å². The summed E-state index contributed by atoms with van der Waals surface area (Å²) in [5.74, 6) is -0.608. The van der Waals surface area contributed by atoms with Gasteiger partial charge in [0.2, 0.25) is 0 Å². The Hall–Kier alpha value is -1.83. The van der Waals surface area contributed by atoms with Crippen LogP contribution in [0, 0.1) is 0 Å². The Morgan fingerprint density at radius 1 is 1.53 bits per heavy atom. The van der Waals surface area contributed by atoms with Crippen molar-refractivity contribution in [1.82, 2.24) is 15.1 Å². The van der Waals surface area contributed by atoms with Gasteiger partial charge in [-0.2, -0.15) is 16.9 Å². The van der Waals surface area contributed by atoms with Crippen LogP contribution >= 0.6 is 11.8 Å². The van der Waals surface area contributed by atoms with Gasteiger partial charge in [0.05, 0.1) is 0 Å². The normalized spacial score (nSPS) is 22.2. The number of nitrogens with zero attached hydrogens (tertiary/aromatic N) is 2. The molecule has 1 aliphatic heterocycles. The fraction of sp³-hybridized carbons (Fsp3) is 0.455. The predicted molar refractivity (Wildman–Crippen MR) is 69.3 cm³/mol. The topological polar surface area (TPSA) is 101 Å². The van der Waals surface area contributed by atoms with Gasteiger partial charge in [0, 0.05) is 18.9 Å². The molecule has 19 heavy (non-hydrogen) atoms. The number of aromatic nitrogens is 2. The minimum absolute atomic E-state index is 0.0274. The van der Waals surface area contributed by atoms with Gasteiger partial charge in [0.1, 0.15) is 11.2 Å². The third kappa shape index (κ3) is 2.62. The van der Waals surface area contributed by atoms with E-state index in [-0.39, 0.29) is 11.3 Å². The van der Waals surface area contributed by atoms with Gasteiger partial charge in [-0.05, 0) is 18.2 Å². The molecule has 2 N–H and O–H groups in total. The Kier molecular flexibility index (Phi) is 3.61. The van der Waals surface area contributed by atoms with Gasteiger partial charge in [0.15, 0.2) is 0 Å². The number of aliphatic carboxylic acids is 1. The Bertz CT molecular complexity index is 578. The van der Waals surface area contributed by atoms with Crippen LogP contribution in [0.3, 0.4) is 0 Å². The maximum atomic E-state index is 12.0. The summed E-state index contributed by atoms with van der Waals surface area (Å²) in [6, 6.07) is 2.51. The molecule has 0 saturated carbocycles. The smallest absolute Gasteiger partial charge is 0.330 e. The van der Waals surface area contributed by atoms with Crippen LogP contribution < -0.4 is 10.9 Å². The third-order valence-electron chi connectivity index (χ3n) is 2.98. The minimum atomic E-state index is -1.24. The molecule has 0 radical (unpaired) electrons. The second-order valence-corrected chi connectivity index (χ2v) is 5.43. The van der Waals surface area contributed by atoms with Gasteiger partial charge in [-0.15, -0.1) is 0 Å². The van der Waals surface area contributed by atoms with Crippen molar-refractivity contribution in [3.8, 4) is 0 Å². The molecule has 2 rings (SSSR count). The molecule has 0 aromatic carbocycles. The summed E-state index contributed by atoms with van der Waals surface area (Å²) in [7, 11) is 1.43. The van der Waals surface area contributed by atoms with Crippen molar-refractivity contribution >= 4 is 23.6 Å². The van der Waals surface area contributed by atoms with E-state index < -0.39 is 17.4 Å². The molecule has 1 amide bonds. The number of carboxylic acids is 1. The highest BCUT2D eigenvalue weighted by Crippen LogP contribution is 2.28. The lowest BCUT2D eigenvalue weighted by molar-refractivity contribution is -0.143. The average molecular weight is 283 g/mol. The van der Waals surface area contributed by atoms with Crippen LogP contribution in [0.5, 0.6) is 0 Å². The van der Waals surface area contributed by atoms with Gasteiger partial charge in [-0.3, -0.25) is 9.59 Å². The standard InChI is InChI=1S/C11H13N3O4S/c1-14-8(15)3-2-7(13-14)9(16)12-11(10(17)18)4-5-19-6-11/h2-3H,4-6H2,1H3,(H,12,16)(H,17,18). The van der Waals surface area contributed by atoms with Crippen LogP contribution in [-0.2, 0) is 11.8 Å². The third-order valence-corrected chi connectivity index (χ3v) is 4.17. The lowest BCUT2D eigenvalue weighted by atomic mass is 9.99. The number of amides is 1. The number of carboxylic acid groups (broad SMARTS) is 1. The molecule has 1 saturated heterocycles. The fourth-order valence-electron chi connectivity index (χ4n) is 1.79. The second kappa shape index (κ2) is 5.04. The highest BCUT2D eigenvalue weighted by atomic mass is 32.2. The summed E-state index contributed by atoms with van der Waals surface area (Å²) >= 11 is 1.48. The summed E-state index contributed by atoms with van der Waals surface area (Å²) in [6.45, 7) is 0. The molecule has 0 bridgehead atoms. The lowest BCUT2D eigenvalue weighted by Crippen LogP contribution is -2.55. The van der Waals surface area contributed by atoms with Crippen molar-refractivity contribution in [3.05, 3.63) is 28.2 Å².